The molecule has 0 heterocycles. The molecule has 2 rings (SSSR count). The third-order valence-electron chi connectivity index (χ3n) is 2.79. The van der Waals surface area contributed by atoms with Gasteiger partial charge in [-0.25, -0.2) is 5.43 Å². The van der Waals surface area contributed by atoms with Crippen molar-refractivity contribution >= 4 is 44.0 Å². The molecule has 0 atom stereocenters. The summed E-state index contributed by atoms with van der Waals surface area (Å²) in [5.41, 5.74) is 3.89. The molecule has 1 amide bonds. The van der Waals surface area contributed by atoms with Gasteiger partial charge in [-0.2, -0.15) is 5.10 Å². The summed E-state index contributed by atoms with van der Waals surface area (Å²) in [5.74, 6) is 0.491. The first kappa shape index (κ1) is 17.7. The molecule has 0 unspecified atom stereocenters. The fourth-order valence-corrected chi connectivity index (χ4v) is 3.23. The van der Waals surface area contributed by atoms with Crippen LogP contribution in [0.4, 0.5) is 0 Å². The molecule has 0 saturated heterocycles. The minimum absolute atomic E-state index is 0.0762. The second-order valence-corrected chi connectivity index (χ2v) is 6.75. The van der Waals surface area contributed by atoms with Gasteiger partial charge in [-0.15, -0.1) is 0 Å². The van der Waals surface area contributed by atoms with E-state index in [-0.39, 0.29) is 12.0 Å². The zero-order valence-electron chi connectivity index (χ0n) is 12.7. The van der Waals surface area contributed by atoms with Crippen LogP contribution in [0.5, 0.6) is 5.75 Å². The van der Waals surface area contributed by atoms with Gasteiger partial charge in [-0.3, -0.25) is 4.79 Å². The maximum absolute atomic E-state index is 11.9. The van der Waals surface area contributed by atoms with E-state index in [1.807, 2.05) is 32.0 Å². The van der Waals surface area contributed by atoms with Gasteiger partial charge in [0.05, 0.1) is 21.3 Å². The Kier molecular flexibility index (Phi) is 6.36. The molecule has 0 fully saturated rings. The molecule has 0 saturated carbocycles. The van der Waals surface area contributed by atoms with Crippen LogP contribution in [0.3, 0.4) is 0 Å². The van der Waals surface area contributed by atoms with Crippen LogP contribution >= 0.6 is 31.9 Å². The summed E-state index contributed by atoms with van der Waals surface area (Å²) < 4.78 is 7.36. The number of nitrogens with one attached hydrogen (secondary N) is 1. The summed E-state index contributed by atoms with van der Waals surface area (Å²) in [6.45, 7) is 3.93. The van der Waals surface area contributed by atoms with Crippen molar-refractivity contribution < 1.29 is 9.53 Å². The predicted molar refractivity (Wildman–Crippen MR) is 99.1 cm³/mol. The van der Waals surface area contributed by atoms with E-state index in [1.165, 1.54) is 0 Å². The monoisotopic (exact) mass is 438 g/mol. The molecule has 0 aromatic heterocycles. The highest BCUT2D eigenvalue weighted by molar-refractivity contribution is 9.11. The average Bonchev–Trinajstić information content (AvgIpc) is 2.51. The molecule has 2 aromatic rings. The number of amides is 1. The molecule has 6 heteroatoms. The first-order chi connectivity index (χ1) is 11.0. The van der Waals surface area contributed by atoms with Crippen molar-refractivity contribution in [3.05, 3.63) is 62.5 Å². The largest absolute Gasteiger partial charge is 0.489 e. The molecule has 0 aliphatic carbocycles. The molecule has 0 spiro atoms. The minimum Gasteiger partial charge on any atom is -0.489 e. The molecule has 2 aromatic carbocycles. The second-order valence-electron chi connectivity index (χ2n) is 5.05. The van der Waals surface area contributed by atoms with Crippen molar-refractivity contribution in [1.29, 1.82) is 0 Å². The van der Waals surface area contributed by atoms with E-state index >= 15 is 0 Å². The molecule has 0 bridgehead atoms. The second kappa shape index (κ2) is 8.26. The third-order valence-corrected chi connectivity index (χ3v) is 3.97. The van der Waals surface area contributed by atoms with Crippen molar-refractivity contribution in [1.82, 2.24) is 5.43 Å². The van der Waals surface area contributed by atoms with Crippen LogP contribution in [-0.2, 0) is 0 Å². The molecule has 23 heavy (non-hydrogen) atoms. The molecule has 4 nitrogen and oxygen atoms in total. The Labute approximate surface area is 152 Å². The Morgan fingerprint density at radius 3 is 2.35 bits per heavy atom. The normalized spacial score (nSPS) is 11.0. The number of carbonyl (C=O) groups is 1. The zero-order valence-corrected chi connectivity index (χ0v) is 15.9. The lowest BCUT2D eigenvalue weighted by atomic mass is 10.2. The first-order valence-corrected chi connectivity index (χ1v) is 8.60. The minimum atomic E-state index is -0.250. The van der Waals surface area contributed by atoms with Gasteiger partial charge in [0.15, 0.2) is 0 Å². The first-order valence-electron chi connectivity index (χ1n) is 7.01. The molecule has 0 aliphatic heterocycles. The van der Waals surface area contributed by atoms with Crippen LogP contribution in [0.2, 0.25) is 0 Å². The summed E-state index contributed by atoms with van der Waals surface area (Å²) in [6.07, 6.45) is 1.66. The number of halogens is 2. The topological polar surface area (TPSA) is 50.7 Å². The SMILES string of the molecule is CC(C)Oc1c(Br)cc(/C=N/NC(=O)c2ccccc2)cc1Br. The van der Waals surface area contributed by atoms with Crippen molar-refractivity contribution in [3.8, 4) is 5.75 Å². The Morgan fingerprint density at radius 1 is 1.17 bits per heavy atom. The van der Waals surface area contributed by atoms with Crippen LogP contribution in [0.1, 0.15) is 29.8 Å². The number of benzene rings is 2. The number of hydrogen-bond donors (Lipinski definition) is 1. The molecular weight excluding hydrogens is 424 g/mol. The molecule has 120 valence electrons. The van der Waals surface area contributed by atoms with Gasteiger partial charge >= 0.3 is 0 Å². The van der Waals surface area contributed by atoms with Crippen molar-refractivity contribution in [2.75, 3.05) is 0 Å². The van der Waals surface area contributed by atoms with E-state index in [1.54, 1.807) is 30.5 Å². The fourth-order valence-electron chi connectivity index (χ4n) is 1.82. The number of rotatable bonds is 5. The van der Waals surface area contributed by atoms with Crippen LogP contribution in [0.25, 0.3) is 0 Å². The maximum atomic E-state index is 11.9. The third kappa shape index (κ3) is 5.18. The number of carbonyl (C=O) groups excluding carboxylic acids is 1. The molecule has 0 aliphatic rings. The van der Waals surface area contributed by atoms with Crippen molar-refractivity contribution in [2.45, 2.75) is 20.0 Å². The zero-order chi connectivity index (χ0) is 16.8. The van der Waals surface area contributed by atoms with E-state index in [0.29, 0.717) is 5.56 Å². The average molecular weight is 440 g/mol. The van der Waals surface area contributed by atoms with Gasteiger partial charge in [0.1, 0.15) is 5.75 Å². The van der Waals surface area contributed by atoms with Crippen LogP contribution in [0.15, 0.2) is 56.5 Å². The summed E-state index contributed by atoms with van der Waals surface area (Å²) in [7, 11) is 0. The van der Waals surface area contributed by atoms with E-state index < -0.39 is 0 Å². The molecule has 0 radical (unpaired) electrons. The molecule has 1 N–H and O–H groups in total. The van der Waals surface area contributed by atoms with E-state index in [9.17, 15) is 4.79 Å². The highest BCUT2D eigenvalue weighted by Gasteiger charge is 2.10. The highest BCUT2D eigenvalue weighted by Crippen LogP contribution is 2.35. The smallest absolute Gasteiger partial charge is 0.271 e. The van der Waals surface area contributed by atoms with Gasteiger partial charge < -0.3 is 4.74 Å². The standard InChI is InChI=1S/C17H16Br2N2O2/c1-11(2)23-16-14(18)8-12(9-15(16)19)10-20-21-17(22)13-6-4-3-5-7-13/h3-11H,1-2H3,(H,21,22)/b20-10+. The summed E-state index contributed by atoms with van der Waals surface area (Å²) in [6, 6.07) is 12.7. The van der Waals surface area contributed by atoms with Crippen molar-refractivity contribution in [3.63, 3.8) is 0 Å². The van der Waals surface area contributed by atoms with Gasteiger partial charge in [0.2, 0.25) is 0 Å². The number of ether oxygens (including phenoxy) is 1. The predicted octanol–water partition coefficient (Wildman–Crippen LogP) is 4.76. The maximum Gasteiger partial charge on any atom is 0.271 e. The number of hydrazone groups is 1. The summed E-state index contributed by atoms with van der Waals surface area (Å²) in [5, 5.41) is 3.98. The van der Waals surface area contributed by atoms with E-state index in [2.05, 4.69) is 42.4 Å². The number of nitrogens with zero attached hydrogens (tertiary/aromatic N) is 1. The molecular formula is C17H16Br2N2O2. The fraction of sp³-hybridized carbons (Fsp3) is 0.176. The van der Waals surface area contributed by atoms with E-state index in [4.69, 9.17) is 4.74 Å². The Morgan fingerprint density at radius 2 is 1.78 bits per heavy atom. The van der Waals surface area contributed by atoms with Gasteiger partial charge in [0, 0.05) is 5.56 Å². The Balaban J connectivity index is 2.07. The summed E-state index contributed by atoms with van der Waals surface area (Å²) in [4.78, 5) is 11.9. The number of hydrogen-bond acceptors (Lipinski definition) is 3. The van der Waals surface area contributed by atoms with Crippen LogP contribution < -0.4 is 10.2 Å². The van der Waals surface area contributed by atoms with Crippen LogP contribution in [-0.4, -0.2) is 18.2 Å². The lowest BCUT2D eigenvalue weighted by Gasteiger charge is -2.13. The lowest BCUT2D eigenvalue weighted by molar-refractivity contribution is 0.0955. The Bertz CT molecular complexity index is 693. The Hall–Kier alpha value is -1.66. The van der Waals surface area contributed by atoms with Crippen molar-refractivity contribution in [2.24, 2.45) is 5.10 Å². The summed E-state index contributed by atoms with van der Waals surface area (Å²) >= 11 is 6.96. The van der Waals surface area contributed by atoms with Gasteiger partial charge in [-0.05, 0) is 75.5 Å². The quantitative estimate of drug-likeness (QED) is 0.539. The van der Waals surface area contributed by atoms with Crippen LogP contribution in [0, 0.1) is 0 Å². The van der Waals surface area contributed by atoms with Gasteiger partial charge in [-0.1, -0.05) is 18.2 Å². The highest BCUT2D eigenvalue weighted by atomic mass is 79.9. The lowest BCUT2D eigenvalue weighted by Crippen LogP contribution is -2.17. The van der Waals surface area contributed by atoms with Gasteiger partial charge in [0.25, 0.3) is 5.91 Å². The van der Waals surface area contributed by atoms with E-state index in [0.717, 1.165) is 20.3 Å².